The van der Waals surface area contributed by atoms with Crippen molar-refractivity contribution in [1.82, 2.24) is 20.4 Å². The molecule has 0 saturated carbocycles. The third-order valence-corrected chi connectivity index (χ3v) is 3.82. The van der Waals surface area contributed by atoms with Gasteiger partial charge >= 0.3 is 6.03 Å². The Kier molecular flexibility index (Phi) is 4.59. The molecule has 0 fully saturated rings. The summed E-state index contributed by atoms with van der Waals surface area (Å²) < 4.78 is 12.5. The first kappa shape index (κ1) is 16.2. The van der Waals surface area contributed by atoms with Crippen LogP contribution < -0.4 is 20.1 Å². The monoisotopic (exact) mass is 330 g/mol. The van der Waals surface area contributed by atoms with Gasteiger partial charge in [0.2, 0.25) is 6.79 Å². The van der Waals surface area contributed by atoms with E-state index in [0.29, 0.717) is 18.8 Å². The summed E-state index contributed by atoms with van der Waals surface area (Å²) in [5, 5.41) is 10.2. The van der Waals surface area contributed by atoms with Gasteiger partial charge in [0.1, 0.15) is 0 Å². The number of hydrogen-bond acceptors (Lipinski definition) is 4. The van der Waals surface area contributed by atoms with Gasteiger partial charge < -0.3 is 20.1 Å². The number of ether oxygens (including phenoxy) is 2. The Bertz CT molecular complexity index is 741. The number of nitrogens with zero attached hydrogens (tertiary/aromatic N) is 2. The normalized spacial score (nSPS) is 13.6. The van der Waals surface area contributed by atoms with Crippen LogP contribution in [0.4, 0.5) is 4.79 Å². The molecule has 2 N–H and O–H groups in total. The largest absolute Gasteiger partial charge is 0.454 e. The Hall–Kier alpha value is -2.70. The van der Waals surface area contributed by atoms with Crippen molar-refractivity contribution in [2.75, 3.05) is 6.79 Å². The summed E-state index contributed by atoms with van der Waals surface area (Å²) in [5.41, 5.74) is 3.02. The summed E-state index contributed by atoms with van der Waals surface area (Å²) in [4.78, 5) is 12.0. The number of benzene rings is 1. The van der Waals surface area contributed by atoms with Crippen LogP contribution in [0, 0.1) is 13.8 Å². The van der Waals surface area contributed by atoms with Crippen LogP contribution in [0.5, 0.6) is 11.5 Å². The minimum absolute atomic E-state index is 0.0280. The maximum Gasteiger partial charge on any atom is 0.315 e. The van der Waals surface area contributed by atoms with Gasteiger partial charge in [0.05, 0.1) is 12.2 Å². The van der Waals surface area contributed by atoms with Crippen LogP contribution in [-0.4, -0.2) is 28.6 Å². The summed E-state index contributed by atoms with van der Waals surface area (Å²) in [6.45, 7) is 7.23. The highest BCUT2D eigenvalue weighted by atomic mass is 16.7. The number of aryl methyl sites for hydroxylation is 2. The molecule has 2 aromatic rings. The summed E-state index contributed by atoms with van der Waals surface area (Å²) in [5.74, 6) is 1.45. The van der Waals surface area contributed by atoms with Gasteiger partial charge in [-0.3, -0.25) is 4.68 Å². The maximum atomic E-state index is 12.0. The molecular weight excluding hydrogens is 308 g/mol. The lowest BCUT2D eigenvalue weighted by atomic mass is 10.2. The molecule has 1 aromatic heterocycles. The number of carbonyl (C=O) groups excluding carboxylic acids is 1. The quantitative estimate of drug-likeness (QED) is 0.880. The molecule has 2 heterocycles. The highest BCUT2D eigenvalue weighted by molar-refractivity contribution is 5.74. The third kappa shape index (κ3) is 3.79. The van der Waals surface area contributed by atoms with Crippen LogP contribution in [0.1, 0.15) is 23.9 Å². The number of urea groups is 1. The number of hydrogen-bond donors (Lipinski definition) is 2. The summed E-state index contributed by atoms with van der Waals surface area (Å²) >= 11 is 0. The molecule has 0 aliphatic carbocycles. The lowest BCUT2D eigenvalue weighted by molar-refractivity contribution is 0.174. The van der Waals surface area contributed by atoms with E-state index < -0.39 is 0 Å². The van der Waals surface area contributed by atoms with Crippen molar-refractivity contribution in [3.8, 4) is 11.5 Å². The smallest absolute Gasteiger partial charge is 0.315 e. The molecule has 1 atom stereocenters. The molecule has 0 radical (unpaired) electrons. The number of aromatic nitrogens is 2. The fraction of sp³-hybridized carbons (Fsp3) is 0.412. The first-order valence-corrected chi connectivity index (χ1v) is 7.95. The van der Waals surface area contributed by atoms with E-state index in [4.69, 9.17) is 9.47 Å². The average Bonchev–Trinajstić information content (AvgIpc) is 3.11. The van der Waals surface area contributed by atoms with Crippen LogP contribution in [0.3, 0.4) is 0 Å². The van der Waals surface area contributed by atoms with Crippen molar-refractivity contribution < 1.29 is 14.3 Å². The van der Waals surface area contributed by atoms with Gasteiger partial charge in [-0.25, -0.2) is 4.79 Å². The van der Waals surface area contributed by atoms with Crippen molar-refractivity contribution in [3.63, 3.8) is 0 Å². The minimum atomic E-state index is -0.207. The molecule has 1 aromatic carbocycles. The van der Waals surface area contributed by atoms with Crippen molar-refractivity contribution in [2.24, 2.45) is 0 Å². The number of rotatable bonds is 5. The van der Waals surface area contributed by atoms with Crippen LogP contribution in [-0.2, 0) is 13.1 Å². The number of amides is 2. The fourth-order valence-electron chi connectivity index (χ4n) is 2.67. The highest BCUT2D eigenvalue weighted by Crippen LogP contribution is 2.32. The van der Waals surface area contributed by atoms with E-state index in [1.807, 2.05) is 49.7 Å². The van der Waals surface area contributed by atoms with E-state index in [1.165, 1.54) is 0 Å². The second-order valence-electron chi connectivity index (χ2n) is 6.02. The zero-order valence-corrected chi connectivity index (χ0v) is 14.1. The molecule has 1 aliphatic rings. The van der Waals surface area contributed by atoms with Gasteiger partial charge in [-0.15, -0.1) is 0 Å². The molecule has 1 aliphatic heterocycles. The highest BCUT2D eigenvalue weighted by Gasteiger charge is 2.14. The zero-order valence-electron chi connectivity index (χ0n) is 14.1. The molecule has 2 amide bonds. The van der Waals surface area contributed by atoms with Gasteiger partial charge in [-0.05, 0) is 44.5 Å². The van der Waals surface area contributed by atoms with Crippen molar-refractivity contribution in [2.45, 2.75) is 39.9 Å². The van der Waals surface area contributed by atoms with E-state index >= 15 is 0 Å². The van der Waals surface area contributed by atoms with E-state index in [9.17, 15) is 4.79 Å². The molecule has 128 valence electrons. The fourth-order valence-corrected chi connectivity index (χ4v) is 2.67. The zero-order chi connectivity index (χ0) is 17.1. The van der Waals surface area contributed by atoms with E-state index in [1.54, 1.807) is 0 Å². The van der Waals surface area contributed by atoms with E-state index in [-0.39, 0.29) is 18.9 Å². The van der Waals surface area contributed by atoms with Crippen molar-refractivity contribution in [1.29, 1.82) is 0 Å². The van der Waals surface area contributed by atoms with Gasteiger partial charge in [0, 0.05) is 18.3 Å². The summed E-state index contributed by atoms with van der Waals surface area (Å²) in [7, 11) is 0. The van der Waals surface area contributed by atoms with Gasteiger partial charge in [-0.2, -0.15) is 5.10 Å². The van der Waals surface area contributed by atoms with Gasteiger partial charge in [-0.1, -0.05) is 6.07 Å². The van der Waals surface area contributed by atoms with Crippen molar-refractivity contribution in [3.05, 3.63) is 41.2 Å². The Morgan fingerprint density at radius 1 is 1.29 bits per heavy atom. The predicted octanol–water partition coefficient (Wildman–Crippen LogP) is 2.12. The van der Waals surface area contributed by atoms with Gasteiger partial charge in [0.25, 0.3) is 0 Å². The first-order chi connectivity index (χ1) is 11.5. The third-order valence-electron chi connectivity index (χ3n) is 3.82. The molecule has 1 unspecified atom stereocenters. The van der Waals surface area contributed by atoms with Crippen LogP contribution in [0.25, 0.3) is 0 Å². The lowest BCUT2D eigenvalue weighted by Crippen LogP contribution is -2.42. The predicted molar refractivity (Wildman–Crippen MR) is 89.1 cm³/mol. The van der Waals surface area contributed by atoms with E-state index in [2.05, 4.69) is 15.7 Å². The second kappa shape index (κ2) is 6.82. The molecule has 7 heteroatoms. The Morgan fingerprint density at radius 2 is 2.08 bits per heavy atom. The Labute approximate surface area is 140 Å². The Morgan fingerprint density at radius 3 is 2.83 bits per heavy atom. The van der Waals surface area contributed by atoms with Crippen LogP contribution >= 0.6 is 0 Å². The SMILES string of the molecule is Cc1cc(C)n(CC(C)NC(=O)NCc2ccc3c(c2)OCO3)n1. The lowest BCUT2D eigenvalue weighted by Gasteiger charge is -2.16. The topological polar surface area (TPSA) is 77.4 Å². The van der Waals surface area contributed by atoms with Gasteiger partial charge in [0.15, 0.2) is 11.5 Å². The van der Waals surface area contributed by atoms with Crippen LogP contribution in [0.2, 0.25) is 0 Å². The average molecular weight is 330 g/mol. The Balaban J connectivity index is 1.47. The standard InChI is InChI=1S/C17H22N4O3/c1-11-6-13(3)21(20-11)9-12(2)19-17(22)18-8-14-4-5-15-16(7-14)24-10-23-15/h4-7,12H,8-10H2,1-3H3,(H2,18,19,22). The van der Waals surface area contributed by atoms with E-state index in [0.717, 1.165) is 22.7 Å². The molecule has 3 rings (SSSR count). The number of carbonyl (C=O) groups is 1. The van der Waals surface area contributed by atoms with Crippen molar-refractivity contribution >= 4 is 6.03 Å². The molecule has 0 spiro atoms. The minimum Gasteiger partial charge on any atom is -0.454 e. The summed E-state index contributed by atoms with van der Waals surface area (Å²) in [6, 6.07) is 7.42. The molecule has 24 heavy (non-hydrogen) atoms. The first-order valence-electron chi connectivity index (χ1n) is 7.95. The molecular formula is C17H22N4O3. The molecule has 7 nitrogen and oxygen atoms in total. The maximum absolute atomic E-state index is 12.0. The van der Waals surface area contributed by atoms with Crippen LogP contribution in [0.15, 0.2) is 24.3 Å². The number of fused-ring (bicyclic) bond motifs is 1. The molecule has 0 saturated heterocycles. The second-order valence-corrected chi connectivity index (χ2v) is 6.02. The number of nitrogens with one attached hydrogen (secondary N) is 2. The summed E-state index contributed by atoms with van der Waals surface area (Å²) in [6.07, 6.45) is 0. The molecule has 0 bridgehead atoms.